The number of para-hydroxylation sites is 1. The molecule has 30 heavy (non-hydrogen) atoms. The van der Waals surface area contributed by atoms with Gasteiger partial charge in [0.05, 0.1) is 10.8 Å². The topological polar surface area (TPSA) is 123 Å². The Bertz CT molecular complexity index is 1310. The molecule has 8 nitrogen and oxygen atoms in total. The number of aromatic nitrogens is 3. The van der Waals surface area contributed by atoms with Crippen LogP contribution in [-0.4, -0.2) is 26.5 Å². The fourth-order valence-corrected chi connectivity index (χ4v) is 3.81. The third kappa shape index (κ3) is 3.80. The van der Waals surface area contributed by atoms with Crippen LogP contribution in [-0.2, 0) is 4.79 Å². The lowest BCUT2D eigenvalue weighted by atomic mass is 10.2. The van der Waals surface area contributed by atoms with Crippen molar-refractivity contribution in [2.75, 3.05) is 16.9 Å². The number of amides is 1. The fourth-order valence-electron chi connectivity index (χ4n) is 2.78. The first kappa shape index (κ1) is 20.1. The van der Waals surface area contributed by atoms with Gasteiger partial charge in [-0.05, 0) is 30.3 Å². The average molecular weight is 459 g/mol. The lowest BCUT2D eigenvalue weighted by Gasteiger charge is -2.06. The number of fused-ring (bicyclic) bond motifs is 1. The van der Waals surface area contributed by atoms with Gasteiger partial charge in [0.25, 0.3) is 0 Å². The van der Waals surface area contributed by atoms with Crippen LogP contribution in [0.5, 0.6) is 0 Å². The number of hydrogen-bond donors (Lipinski definition) is 2. The maximum atomic E-state index is 12.5. The van der Waals surface area contributed by atoms with Crippen LogP contribution in [0, 0.1) is 11.3 Å². The Hall–Kier alpha value is -3.19. The Kier molecular flexibility index (Phi) is 5.55. The minimum absolute atomic E-state index is 0.0109. The molecule has 4 rings (SSSR count). The lowest BCUT2D eigenvalue weighted by molar-refractivity contribution is -0.113. The summed E-state index contributed by atoms with van der Waals surface area (Å²) < 4.78 is 6.69. The minimum atomic E-state index is -0.353. The number of furan rings is 1. The van der Waals surface area contributed by atoms with Crippen molar-refractivity contribution in [2.45, 2.75) is 5.16 Å². The summed E-state index contributed by atoms with van der Waals surface area (Å²) in [5, 5.41) is 21.9. The molecule has 0 aliphatic rings. The Labute approximate surface area is 184 Å². The maximum Gasteiger partial charge on any atom is 0.234 e. The quantitative estimate of drug-likeness (QED) is 0.337. The molecule has 2 aromatic carbocycles. The van der Waals surface area contributed by atoms with E-state index in [-0.39, 0.29) is 17.4 Å². The van der Waals surface area contributed by atoms with Crippen LogP contribution in [0.2, 0.25) is 10.0 Å². The van der Waals surface area contributed by atoms with Crippen LogP contribution < -0.4 is 11.2 Å². The lowest BCUT2D eigenvalue weighted by Crippen LogP contribution is -2.16. The second kappa shape index (κ2) is 8.28. The normalized spacial score (nSPS) is 10.8. The molecule has 1 amide bonds. The van der Waals surface area contributed by atoms with E-state index in [0.717, 1.165) is 11.8 Å². The standard InChI is InChI=1S/C19H12Cl2N6O2S/c20-10-5-6-13(21)12(7-10)18-25-26-19(27(18)23)30-9-16(28)24-17-11-3-1-2-4-14(11)29-15(17)8-22/h1-7H,9,23H2,(H,24,28). The fraction of sp³-hybridized carbons (Fsp3) is 0.0526. The van der Waals surface area contributed by atoms with Gasteiger partial charge in [0.2, 0.25) is 16.8 Å². The van der Waals surface area contributed by atoms with Gasteiger partial charge in [-0.25, -0.2) is 4.68 Å². The zero-order valence-corrected chi connectivity index (χ0v) is 17.4. The van der Waals surface area contributed by atoms with Crippen molar-refractivity contribution in [1.82, 2.24) is 14.9 Å². The molecule has 3 N–H and O–H groups in total. The Morgan fingerprint density at radius 1 is 1.27 bits per heavy atom. The van der Waals surface area contributed by atoms with Crippen molar-refractivity contribution in [1.29, 1.82) is 5.26 Å². The monoisotopic (exact) mass is 458 g/mol. The number of nitrogens with one attached hydrogen (secondary N) is 1. The second-order valence-corrected chi connectivity index (χ2v) is 7.84. The van der Waals surface area contributed by atoms with E-state index in [1.807, 2.05) is 6.07 Å². The van der Waals surface area contributed by atoms with Crippen molar-refractivity contribution >= 4 is 57.5 Å². The molecule has 0 spiro atoms. The predicted octanol–water partition coefficient (Wildman–Crippen LogP) is 4.31. The number of carbonyl (C=O) groups excluding carboxylic acids is 1. The van der Waals surface area contributed by atoms with Crippen LogP contribution >= 0.6 is 35.0 Å². The van der Waals surface area contributed by atoms with E-state index < -0.39 is 0 Å². The van der Waals surface area contributed by atoms with E-state index in [0.29, 0.717) is 43.2 Å². The van der Waals surface area contributed by atoms with Crippen molar-refractivity contribution in [2.24, 2.45) is 0 Å². The molecule has 4 aromatic rings. The summed E-state index contributed by atoms with van der Waals surface area (Å²) >= 11 is 13.3. The van der Waals surface area contributed by atoms with E-state index in [4.69, 9.17) is 33.5 Å². The van der Waals surface area contributed by atoms with Gasteiger partial charge in [0.15, 0.2) is 5.82 Å². The van der Waals surface area contributed by atoms with Gasteiger partial charge in [-0.1, -0.05) is 47.1 Å². The smallest absolute Gasteiger partial charge is 0.234 e. The first-order valence-electron chi connectivity index (χ1n) is 8.48. The third-order valence-corrected chi connectivity index (χ3v) is 5.64. The Morgan fingerprint density at radius 3 is 2.87 bits per heavy atom. The summed E-state index contributed by atoms with van der Waals surface area (Å²) in [4.78, 5) is 12.5. The van der Waals surface area contributed by atoms with E-state index in [2.05, 4.69) is 15.5 Å². The van der Waals surface area contributed by atoms with Gasteiger partial charge >= 0.3 is 0 Å². The molecule has 0 bridgehead atoms. The number of carbonyl (C=O) groups is 1. The molecule has 2 heterocycles. The molecule has 0 aliphatic heterocycles. The van der Waals surface area contributed by atoms with E-state index in [1.54, 1.807) is 42.5 Å². The molecule has 0 radical (unpaired) electrons. The van der Waals surface area contributed by atoms with Crippen molar-refractivity contribution < 1.29 is 9.21 Å². The highest BCUT2D eigenvalue weighted by Crippen LogP contribution is 2.32. The number of hydrogen-bond acceptors (Lipinski definition) is 7. The number of halogens is 2. The average Bonchev–Trinajstić information content (AvgIpc) is 3.28. The van der Waals surface area contributed by atoms with Gasteiger partial charge < -0.3 is 15.6 Å². The first-order valence-corrected chi connectivity index (χ1v) is 10.2. The molecular formula is C19H12Cl2N6O2S. The molecule has 0 saturated carbocycles. The zero-order valence-electron chi connectivity index (χ0n) is 15.1. The number of nitrogen functional groups attached to an aromatic ring is 1. The van der Waals surface area contributed by atoms with Gasteiger partial charge in [0, 0.05) is 16.0 Å². The van der Waals surface area contributed by atoms with Crippen LogP contribution in [0.25, 0.3) is 22.4 Å². The number of nitriles is 1. The molecule has 11 heteroatoms. The Balaban J connectivity index is 1.50. The summed E-state index contributed by atoms with van der Waals surface area (Å²) in [6.07, 6.45) is 0. The maximum absolute atomic E-state index is 12.5. The Morgan fingerprint density at radius 2 is 2.07 bits per heavy atom. The van der Waals surface area contributed by atoms with Crippen molar-refractivity contribution in [3.63, 3.8) is 0 Å². The summed E-state index contributed by atoms with van der Waals surface area (Å²) in [7, 11) is 0. The SMILES string of the molecule is N#Cc1oc2ccccc2c1NC(=O)CSc1nnc(-c2cc(Cl)ccc2Cl)n1N. The predicted molar refractivity (Wildman–Crippen MR) is 116 cm³/mol. The summed E-state index contributed by atoms with van der Waals surface area (Å²) in [5.74, 6) is 6.07. The van der Waals surface area contributed by atoms with E-state index in [1.165, 1.54) is 4.68 Å². The van der Waals surface area contributed by atoms with Gasteiger partial charge in [-0.3, -0.25) is 4.79 Å². The van der Waals surface area contributed by atoms with Gasteiger partial charge in [0.1, 0.15) is 17.3 Å². The summed E-state index contributed by atoms with van der Waals surface area (Å²) in [6, 6.07) is 13.9. The highest BCUT2D eigenvalue weighted by molar-refractivity contribution is 7.99. The molecule has 0 unspecified atom stereocenters. The third-order valence-electron chi connectivity index (χ3n) is 4.13. The summed E-state index contributed by atoms with van der Waals surface area (Å²) in [6.45, 7) is 0. The van der Waals surface area contributed by atoms with Crippen molar-refractivity contribution in [3.05, 3.63) is 58.3 Å². The van der Waals surface area contributed by atoms with E-state index in [9.17, 15) is 10.1 Å². The zero-order chi connectivity index (χ0) is 21.3. The van der Waals surface area contributed by atoms with Crippen molar-refractivity contribution in [3.8, 4) is 17.5 Å². The number of thioether (sulfide) groups is 1. The molecule has 2 aromatic heterocycles. The van der Waals surface area contributed by atoms with Crippen LogP contribution in [0.4, 0.5) is 5.69 Å². The minimum Gasteiger partial charge on any atom is -0.443 e. The molecular weight excluding hydrogens is 447 g/mol. The van der Waals surface area contributed by atoms with Crippen LogP contribution in [0.3, 0.4) is 0 Å². The first-order chi connectivity index (χ1) is 14.5. The number of nitrogens with zero attached hydrogens (tertiary/aromatic N) is 4. The number of anilines is 1. The van der Waals surface area contributed by atoms with Crippen LogP contribution in [0.1, 0.15) is 5.76 Å². The second-order valence-electron chi connectivity index (χ2n) is 6.05. The van der Waals surface area contributed by atoms with Crippen LogP contribution in [0.15, 0.2) is 52.0 Å². The van der Waals surface area contributed by atoms with Gasteiger partial charge in [-0.2, -0.15) is 5.26 Å². The molecule has 150 valence electrons. The number of nitrogens with two attached hydrogens (primary N) is 1. The highest BCUT2D eigenvalue weighted by atomic mass is 35.5. The number of benzene rings is 2. The molecule has 0 aliphatic carbocycles. The number of rotatable bonds is 5. The van der Waals surface area contributed by atoms with Gasteiger partial charge in [-0.15, -0.1) is 10.2 Å². The molecule has 0 atom stereocenters. The van der Waals surface area contributed by atoms with E-state index >= 15 is 0 Å². The largest absolute Gasteiger partial charge is 0.443 e. The molecule has 0 fully saturated rings. The summed E-state index contributed by atoms with van der Waals surface area (Å²) in [5.41, 5.74) is 1.38. The highest BCUT2D eigenvalue weighted by Gasteiger charge is 2.19. The molecule has 0 saturated heterocycles.